The van der Waals surface area contributed by atoms with E-state index in [1.165, 1.54) is 0 Å². The van der Waals surface area contributed by atoms with Crippen LogP contribution in [0.25, 0.3) is 0 Å². The lowest BCUT2D eigenvalue weighted by atomic mass is 9.61. The average molecular weight is 228 g/mol. The molecule has 0 spiro atoms. The quantitative estimate of drug-likeness (QED) is 0.641. The predicted molar refractivity (Wildman–Crippen MR) is 68.3 cm³/mol. The van der Waals surface area contributed by atoms with Gasteiger partial charge in [-0.1, -0.05) is 27.7 Å². The fourth-order valence-corrected chi connectivity index (χ4v) is 2.30. The summed E-state index contributed by atoms with van der Waals surface area (Å²) in [4.78, 5) is 12.0. The molecule has 0 N–H and O–H groups in total. The monoisotopic (exact) mass is 228 g/mol. The Bertz CT molecular complexity index is 231. The van der Waals surface area contributed by atoms with Crippen molar-refractivity contribution in [2.24, 2.45) is 16.7 Å². The number of hydrogen-bond donors (Lipinski definition) is 0. The Morgan fingerprint density at radius 3 is 2.00 bits per heavy atom. The molecular formula is C14H28O2. The third-order valence-corrected chi connectivity index (χ3v) is 3.93. The van der Waals surface area contributed by atoms with Crippen molar-refractivity contribution in [2.75, 3.05) is 6.61 Å². The van der Waals surface area contributed by atoms with Gasteiger partial charge in [0.05, 0.1) is 12.0 Å². The molecule has 1 unspecified atom stereocenters. The highest BCUT2D eigenvalue weighted by Gasteiger charge is 2.46. The minimum Gasteiger partial charge on any atom is -0.466 e. The SMILES string of the molecule is CCOC(=O)C(C)(C)C(C)(CC)CC(C)C. The lowest BCUT2D eigenvalue weighted by Crippen LogP contribution is -2.43. The van der Waals surface area contributed by atoms with E-state index in [4.69, 9.17) is 4.74 Å². The van der Waals surface area contributed by atoms with Crippen molar-refractivity contribution in [1.29, 1.82) is 0 Å². The van der Waals surface area contributed by atoms with Gasteiger partial charge in [0.25, 0.3) is 0 Å². The predicted octanol–water partition coefficient (Wildman–Crippen LogP) is 4.04. The maximum atomic E-state index is 12.0. The van der Waals surface area contributed by atoms with Crippen LogP contribution in [0.1, 0.15) is 61.3 Å². The van der Waals surface area contributed by atoms with E-state index in [-0.39, 0.29) is 11.4 Å². The Balaban J connectivity index is 4.97. The van der Waals surface area contributed by atoms with Crippen LogP contribution in [0, 0.1) is 16.7 Å². The third-order valence-electron chi connectivity index (χ3n) is 3.93. The second-order valence-electron chi connectivity index (χ2n) is 5.86. The molecule has 0 saturated heterocycles. The molecule has 0 amide bonds. The number of rotatable bonds is 6. The molecule has 1 atom stereocenters. The van der Waals surface area contributed by atoms with Crippen molar-refractivity contribution in [3.8, 4) is 0 Å². The Labute approximate surface area is 101 Å². The highest BCUT2D eigenvalue weighted by atomic mass is 16.5. The fraction of sp³-hybridized carbons (Fsp3) is 0.929. The zero-order chi connectivity index (χ0) is 13.0. The van der Waals surface area contributed by atoms with Gasteiger partial charge in [0, 0.05) is 0 Å². The van der Waals surface area contributed by atoms with E-state index in [0.29, 0.717) is 12.5 Å². The topological polar surface area (TPSA) is 26.3 Å². The Hall–Kier alpha value is -0.530. The van der Waals surface area contributed by atoms with Crippen LogP contribution < -0.4 is 0 Å². The molecule has 16 heavy (non-hydrogen) atoms. The lowest BCUT2D eigenvalue weighted by Gasteiger charge is -2.43. The first kappa shape index (κ1) is 15.5. The molecule has 0 aliphatic heterocycles. The Morgan fingerprint density at radius 2 is 1.69 bits per heavy atom. The minimum absolute atomic E-state index is 0.00736. The maximum Gasteiger partial charge on any atom is 0.312 e. The van der Waals surface area contributed by atoms with Crippen molar-refractivity contribution in [2.45, 2.75) is 61.3 Å². The Kier molecular flexibility index (Phi) is 5.51. The summed E-state index contributed by atoms with van der Waals surface area (Å²) in [5, 5.41) is 0. The number of carbonyl (C=O) groups excluding carboxylic acids is 1. The number of carbonyl (C=O) groups is 1. The van der Waals surface area contributed by atoms with E-state index >= 15 is 0 Å². The summed E-state index contributed by atoms with van der Waals surface area (Å²) in [5.74, 6) is 0.527. The summed E-state index contributed by atoms with van der Waals surface area (Å²) in [6.45, 7) is 15.1. The largest absolute Gasteiger partial charge is 0.466 e. The molecule has 0 aliphatic carbocycles. The first-order chi connectivity index (χ1) is 7.21. The van der Waals surface area contributed by atoms with Gasteiger partial charge in [-0.15, -0.1) is 0 Å². The zero-order valence-corrected chi connectivity index (χ0v) is 12.0. The van der Waals surface area contributed by atoms with Crippen LogP contribution in [0.3, 0.4) is 0 Å². The van der Waals surface area contributed by atoms with Crippen molar-refractivity contribution in [1.82, 2.24) is 0 Å². The summed E-state index contributed by atoms with van der Waals surface area (Å²) in [7, 11) is 0. The van der Waals surface area contributed by atoms with Crippen LogP contribution in [0.2, 0.25) is 0 Å². The number of esters is 1. The van der Waals surface area contributed by atoms with E-state index in [9.17, 15) is 4.79 Å². The number of ether oxygens (including phenoxy) is 1. The summed E-state index contributed by atoms with van der Waals surface area (Å²) < 4.78 is 5.20. The molecule has 0 heterocycles. The first-order valence-electron chi connectivity index (χ1n) is 6.38. The maximum absolute atomic E-state index is 12.0. The van der Waals surface area contributed by atoms with E-state index in [2.05, 4.69) is 27.7 Å². The molecule has 0 rings (SSSR count). The van der Waals surface area contributed by atoms with Gasteiger partial charge in [-0.25, -0.2) is 0 Å². The van der Waals surface area contributed by atoms with Crippen LogP contribution in [-0.2, 0) is 9.53 Å². The number of hydrogen-bond acceptors (Lipinski definition) is 2. The van der Waals surface area contributed by atoms with E-state index in [0.717, 1.165) is 12.8 Å². The van der Waals surface area contributed by atoms with Crippen molar-refractivity contribution in [3.63, 3.8) is 0 Å². The molecule has 0 radical (unpaired) electrons. The van der Waals surface area contributed by atoms with Crippen LogP contribution >= 0.6 is 0 Å². The Morgan fingerprint density at radius 1 is 1.19 bits per heavy atom. The second-order valence-corrected chi connectivity index (χ2v) is 5.86. The van der Waals surface area contributed by atoms with Crippen molar-refractivity contribution in [3.05, 3.63) is 0 Å². The molecule has 96 valence electrons. The van der Waals surface area contributed by atoms with Crippen LogP contribution in [-0.4, -0.2) is 12.6 Å². The summed E-state index contributed by atoms with van der Waals surface area (Å²) >= 11 is 0. The second kappa shape index (κ2) is 5.70. The van der Waals surface area contributed by atoms with E-state index in [1.807, 2.05) is 20.8 Å². The minimum atomic E-state index is -0.415. The van der Waals surface area contributed by atoms with Gasteiger partial charge in [-0.3, -0.25) is 4.79 Å². The standard InChI is InChI=1S/C14H28O2/c1-8-14(7,10-11(3)4)13(5,6)12(15)16-9-2/h11H,8-10H2,1-7H3. The van der Waals surface area contributed by atoms with Crippen molar-refractivity contribution < 1.29 is 9.53 Å². The normalized spacial score (nSPS) is 16.0. The van der Waals surface area contributed by atoms with Gasteiger partial charge in [0.2, 0.25) is 0 Å². The van der Waals surface area contributed by atoms with Gasteiger partial charge in [0.1, 0.15) is 0 Å². The molecule has 0 aromatic heterocycles. The van der Waals surface area contributed by atoms with Gasteiger partial charge >= 0.3 is 5.97 Å². The molecule has 0 fully saturated rings. The summed E-state index contributed by atoms with van der Waals surface area (Å²) in [6, 6.07) is 0. The molecule has 0 aromatic rings. The van der Waals surface area contributed by atoms with Gasteiger partial charge in [-0.05, 0) is 44.9 Å². The van der Waals surface area contributed by atoms with Crippen LogP contribution in [0.4, 0.5) is 0 Å². The molecule has 0 aliphatic rings. The molecule has 2 heteroatoms. The van der Waals surface area contributed by atoms with Crippen molar-refractivity contribution >= 4 is 5.97 Å². The smallest absolute Gasteiger partial charge is 0.312 e. The lowest BCUT2D eigenvalue weighted by molar-refractivity contribution is -0.162. The molecular weight excluding hydrogens is 200 g/mol. The molecule has 0 saturated carbocycles. The first-order valence-corrected chi connectivity index (χ1v) is 6.38. The fourth-order valence-electron chi connectivity index (χ4n) is 2.30. The molecule has 0 bridgehead atoms. The molecule has 0 aromatic carbocycles. The van der Waals surface area contributed by atoms with Gasteiger partial charge in [-0.2, -0.15) is 0 Å². The summed E-state index contributed by atoms with van der Waals surface area (Å²) in [6.07, 6.45) is 2.05. The average Bonchev–Trinajstić information content (AvgIpc) is 2.16. The summed E-state index contributed by atoms with van der Waals surface area (Å²) in [5.41, 5.74) is -0.407. The van der Waals surface area contributed by atoms with Crippen LogP contribution in [0.5, 0.6) is 0 Å². The van der Waals surface area contributed by atoms with E-state index < -0.39 is 5.41 Å². The highest BCUT2D eigenvalue weighted by molar-refractivity contribution is 5.77. The van der Waals surface area contributed by atoms with E-state index in [1.54, 1.807) is 0 Å². The van der Waals surface area contributed by atoms with Crippen LogP contribution in [0.15, 0.2) is 0 Å². The van der Waals surface area contributed by atoms with Gasteiger partial charge in [0.15, 0.2) is 0 Å². The zero-order valence-electron chi connectivity index (χ0n) is 12.0. The highest BCUT2D eigenvalue weighted by Crippen LogP contribution is 2.47. The van der Waals surface area contributed by atoms with Gasteiger partial charge < -0.3 is 4.74 Å². The third kappa shape index (κ3) is 3.23. The molecule has 2 nitrogen and oxygen atoms in total.